The molecule has 1 saturated heterocycles. The number of aromatic nitrogens is 7. The molecule has 0 N–H and O–H groups in total. The van der Waals surface area contributed by atoms with Gasteiger partial charge in [0, 0.05) is 31.7 Å². The fourth-order valence-electron chi connectivity index (χ4n) is 6.01. The Bertz CT molecular complexity index is 1920. The van der Waals surface area contributed by atoms with Crippen molar-refractivity contribution in [2.24, 2.45) is 0 Å². The minimum Gasteiger partial charge on any atom is -0.349 e. The van der Waals surface area contributed by atoms with Gasteiger partial charge in [-0.2, -0.15) is 14.9 Å². The minimum atomic E-state index is -0.671. The summed E-state index contributed by atoms with van der Waals surface area (Å²) < 4.78 is 18.8. The number of carbonyl (C=O) groups excluding carboxylic acids is 1. The molecule has 1 amide bonds. The zero-order valence-corrected chi connectivity index (χ0v) is 24.7. The third-order valence-electron chi connectivity index (χ3n) is 8.14. The normalized spacial score (nSPS) is 18.7. The molecule has 4 aromatic heterocycles. The highest BCUT2D eigenvalue weighted by atomic mass is 19.1. The number of fused-ring (bicyclic) bond motifs is 5. The molecule has 2 unspecified atom stereocenters. The maximum absolute atomic E-state index is 16.1. The topological polar surface area (TPSA) is 139 Å². The number of pyridine rings is 2. The highest BCUT2D eigenvalue weighted by Crippen LogP contribution is 2.33. The number of nitriles is 1. The number of halogens is 1. The van der Waals surface area contributed by atoms with E-state index in [9.17, 15) is 14.9 Å². The van der Waals surface area contributed by atoms with Crippen molar-refractivity contribution in [2.75, 3.05) is 18.0 Å². The smallest absolute Gasteiger partial charge is 0.349 e. The first-order valence-electron chi connectivity index (χ1n) is 14.5. The number of nitrogens with zero attached hydrogens (tertiary/aromatic N) is 10. The van der Waals surface area contributed by atoms with Crippen LogP contribution in [0, 0.1) is 17.1 Å². The number of hydrogen-bond donors (Lipinski definition) is 0. The van der Waals surface area contributed by atoms with Crippen LogP contribution in [0.4, 0.5) is 10.2 Å². The Morgan fingerprint density at radius 3 is 2.77 bits per heavy atom. The molecule has 2 bridgehead atoms. The van der Waals surface area contributed by atoms with Crippen molar-refractivity contribution in [3.05, 3.63) is 82.6 Å². The molecular weight excluding hydrogens is 563 g/mol. The van der Waals surface area contributed by atoms with Crippen molar-refractivity contribution < 1.29 is 9.18 Å². The summed E-state index contributed by atoms with van der Waals surface area (Å²) in [6, 6.07) is 4.53. The maximum atomic E-state index is 16.1. The van der Waals surface area contributed by atoms with Gasteiger partial charge in [0.05, 0.1) is 47.2 Å². The second kappa shape index (κ2) is 11.4. The van der Waals surface area contributed by atoms with E-state index in [-0.39, 0.29) is 54.7 Å². The Hall–Kier alpha value is -5.25. The molecule has 6 rings (SSSR count). The lowest BCUT2D eigenvalue weighted by molar-refractivity contribution is -0.129. The molecule has 2 aliphatic heterocycles. The van der Waals surface area contributed by atoms with Crippen LogP contribution in [-0.4, -0.2) is 70.5 Å². The van der Waals surface area contributed by atoms with Gasteiger partial charge < -0.3 is 9.80 Å². The number of amides is 1. The number of hydrogen-bond acceptors (Lipinski definition) is 9. The summed E-state index contributed by atoms with van der Waals surface area (Å²) in [7, 11) is 0. The molecule has 0 aliphatic carbocycles. The first kappa shape index (κ1) is 28.9. The second-order valence-corrected chi connectivity index (χ2v) is 11.3. The highest BCUT2D eigenvalue weighted by Gasteiger charge is 2.36. The van der Waals surface area contributed by atoms with Crippen molar-refractivity contribution in [3.63, 3.8) is 0 Å². The summed E-state index contributed by atoms with van der Waals surface area (Å²) in [5, 5.41) is 17.9. The van der Waals surface area contributed by atoms with Crippen LogP contribution in [0.3, 0.4) is 0 Å². The van der Waals surface area contributed by atoms with E-state index in [2.05, 4.69) is 32.9 Å². The van der Waals surface area contributed by atoms with Gasteiger partial charge in [0.25, 0.3) is 0 Å². The van der Waals surface area contributed by atoms with Gasteiger partial charge in [-0.15, -0.1) is 5.10 Å². The Kier molecular flexibility index (Phi) is 7.50. The fraction of sp³-hybridized carbons (Fsp3) is 0.355. The van der Waals surface area contributed by atoms with Gasteiger partial charge in [-0.25, -0.2) is 18.7 Å². The van der Waals surface area contributed by atoms with Gasteiger partial charge >= 0.3 is 5.69 Å². The predicted molar refractivity (Wildman–Crippen MR) is 161 cm³/mol. The van der Waals surface area contributed by atoms with Gasteiger partial charge in [-0.3, -0.25) is 9.78 Å². The van der Waals surface area contributed by atoms with Crippen molar-refractivity contribution in [1.29, 1.82) is 5.26 Å². The van der Waals surface area contributed by atoms with E-state index in [1.807, 2.05) is 43.9 Å². The molecule has 1 fully saturated rings. The molecular formula is C31H31FN10O2. The average molecular weight is 595 g/mol. The molecule has 0 spiro atoms. The van der Waals surface area contributed by atoms with Crippen molar-refractivity contribution in [3.8, 4) is 17.6 Å². The third kappa shape index (κ3) is 4.82. The molecule has 13 heteroatoms. The largest absolute Gasteiger partial charge is 0.355 e. The average Bonchev–Trinajstić information content (AvgIpc) is 3.47. The van der Waals surface area contributed by atoms with Crippen LogP contribution in [-0.2, 0) is 17.6 Å². The molecule has 2 aliphatic rings. The third-order valence-corrected chi connectivity index (χ3v) is 8.14. The zero-order chi connectivity index (χ0) is 31.1. The van der Waals surface area contributed by atoms with E-state index in [1.54, 1.807) is 17.3 Å². The second-order valence-electron chi connectivity index (χ2n) is 11.3. The van der Waals surface area contributed by atoms with Gasteiger partial charge in [-0.05, 0) is 43.0 Å². The Morgan fingerprint density at radius 2 is 2.02 bits per heavy atom. The molecule has 2 atom stereocenters. The Morgan fingerprint density at radius 1 is 1.23 bits per heavy atom. The van der Waals surface area contributed by atoms with Crippen LogP contribution >= 0.6 is 0 Å². The lowest BCUT2D eigenvalue weighted by atomic mass is 10.0. The van der Waals surface area contributed by atoms with Gasteiger partial charge in [-0.1, -0.05) is 37.8 Å². The fourth-order valence-corrected chi connectivity index (χ4v) is 6.01. The van der Waals surface area contributed by atoms with Crippen molar-refractivity contribution in [1.82, 2.24) is 39.4 Å². The maximum Gasteiger partial charge on any atom is 0.355 e. The molecule has 0 saturated carbocycles. The summed E-state index contributed by atoms with van der Waals surface area (Å²) in [6.45, 7) is 9.93. The number of carbonyl (C=O) groups is 1. The van der Waals surface area contributed by atoms with Crippen molar-refractivity contribution in [2.45, 2.75) is 58.0 Å². The van der Waals surface area contributed by atoms with E-state index in [0.29, 0.717) is 35.3 Å². The van der Waals surface area contributed by atoms with Crippen molar-refractivity contribution >= 4 is 22.8 Å². The summed E-state index contributed by atoms with van der Waals surface area (Å²) in [5.74, 6) is -0.879. The van der Waals surface area contributed by atoms with Gasteiger partial charge in [0.15, 0.2) is 17.3 Å². The van der Waals surface area contributed by atoms with E-state index >= 15 is 4.39 Å². The summed E-state index contributed by atoms with van der Waals surface area (Å²) in [4.78, 5) is 44.2. The minimum absolute atomic E-state index is 0.0486. The van der Waals surface area contributed by atoms with E-state index in [1.165, 1.54) is 21.4 Å². The van der Waals surface area contributed by atoms with E-state index < -0.39 is 17.5 Å². The molecule has 0 radical (unpaired) electrons. The van der Waals surface area contributed by atoms with Crippen LogP contribution in [0.1, 0.15) is 50.1 Å². The predicted octanol–water partition coefficient (Wildman–Crippen LogP) is 3.18. The number of allylic oxidation sites excluding steroid dienone is 2. The molecule has 4 aromatic rings. The first-order chi connectivity index (χ1) is 21.2. The van der Waals surface area contributed by atoms with E-state index in [0.717, 1.165) is 5.56 Å². The molecule has 224 valence electrons. The summed E-state index contributed by atoms with van der Waals surface area (Å²) >= 11 is 0. The first-order valence-corrected chi connectivity index (χ1v) is 14.5. The van der Waals surface area contributed by atoms with Crippen LogP contribution in [0.15, 0.2) is 54.1 Å². The van der Waals surface area contributed by atoms with Crippen LogP contribution in [0.5, 0.6) is 0 Å². The SMILES string of the molecule is C=CC(=O)N1CC(C)N(c2nc(=O)n3c4nc(c(F)cc24)-n2nncc2C/C=C\Cc2ccnc(C(C)C)c2-3)CC1CC#N. The highest BCUT2D eigenvalue weighted by molar-refractivity contribution is 5.90. The summed E-state index contributed by atoms with van der Waals surface area (Å²) in [5.41, 5.74) is 2.29. The molecule has 0 aromatic carbocycles. The van der Waals surface area contributed by atoms with Gasteiger partial charge in [0.1, 0.15) is 5.82 Å². The number of anilines is 1. The quantitative estimate of drug-likeness (QED) is 0.258. The number of rotatable bonds is 4. The molecule has 44 heavy (non-hydrogen) atoms. The molecule has 12 nitrogen and oxygen atoms in total. The lowest BCUT2D eigenvalue weighted by Crippen LogP contribution is -2.59. The standard InChI is InChI=1S/C31H31FN10O2/c1-5-25(43)40-16-19(4)39(17-22(40)10-12-33)28-23-14-24(32)30-36-29(23)41(31(44)37-28)27-20(11-13-34-26(27)18(2)3)8-6-7-9-21-15-35-38-42(21)30/h5-7,11,13-15,18-19,22H,1,8-10,16-17H2,2-4H3/b7-6-. The summed E-state index contributed by atoms with van der Waals surface area (Å²) in [6.07, 6.45) is 9.47. The van der Waals surface area contributed by atoms with Crippen LogP contribution < -0.4 is 10.6 Å². The van der Waals surface area contributed by atoms with Crippen LogP contribution in [0.25, 0.3) is 22.5 Å². The Balaban J connectivity index is 1.66. The molecule has 6 heterocycles. The number of piperazine rings is 1. The van der Waals surface area contributed by atoms with Gasteiger partial charge in [0.2, 0.25) is 5.91 Å². The lowest BCUT2D eigenvalue weighted by Gasteiger charge is -2.45. The monoisotopic (exact) mass is 594 g/mol. The van der Waals surface area contributed by atoms with Crippen LogP contribution in [0.2, 0.25) is 0 Å². The Labute approximate surface area is 252 Å². The zero-order valence-electron chi connectivity index (χ0n) is 24.7. The van der Waals surface area contributed by atoms with E-state index in [4.69, 9.17) is 4.98 Å².